The third kappa shape index (κ3) is 3.72. The summed E-state index contributed by atoms with van der Waals surface area (Å²) in [7, 11) is 1.88. The van der Waals surface area contributed by atoms with Crippen molar-refractivity contribution in [3.05, 3.63) is 35.0 Å². The molecule has 2 aromatic rings. The van der Waals surface area contributed by atoms with Crippen molar-refractivity contribution in [3.8, 4) is 0 Å². The van der Waals surface area contributed by atoms with Crippen molar-refractivity contribution in [3.63, 3.8) is 0 Å². The predicted octanol–water partition coefficient (Wildman–Crippen LogP) is 1.46. The lowest BCUT2D eigenvalue weighted by Gasteiger charge is -2.26. The summed E-state index contributed by atoms with van der Waals surface area (Å²) in [6, 6.07) is 4.46. The van der Waals surface area contributed by atoms with E-state index in [0.29, 0.717) is 19.1 Å². The van der Waals surface area contributed by atoms with E-state index in [1.807, 2.05) is 28.1 Å². The SMILES string of the molecule is CN(Cc1cccs1)C(=O)CN1CCC[C@H]1Cn1cncn1. The number of carbonyl (C=O) groups excluding carboxylic acids is 1. The topological polar surface area (TPSA) is 54.3 Å². The Hall–Kier alpha value is -1.73. The molecule has 1 fully saturated rings. The van der Waals surface area contributed by atoms with Crippen molar-refractivity contribution in [2.75, 3.05) is 20.1 Å². The Balaban J connectivity index is 1.53. The molecule has 3 rings (SSSR count). The highest BCUT2D eigenvalue weighted by Gasteiger charge is 2.27. The van der Waals surface area contributed by atoms with Crippen LogP contribution in [0.15, 0.2) is 30.2 Å². The molecule has 118 valence electrons. The van der Waals surface area contributed by atoms with E-state index in [4.69, 9.17) is 0 Å². The van der Waals surface area contributed by atoms with Gasteiger partial charge in [-0.05, 0) is 30.8 Å². The largest absolute Gasteiger partial charge is 0.340 e. The van der Waals surface area contributed by atoms with Crippen LogP contribution in [0, 0.1) is 0 Å². The van der Waals surface area contributed by atoms with Gasteiger partial charge in [0, 0.05) is 18.0 Å². The maximum atomic E-state index is 12.4. The third-order valence-corrected chi connectivity index (χ3v) is 4.96. The van der Waals surface area contributed by atoms with Crippen molar-refractivity contribution < 1.29 is 4.79 Å². The lowest BCUT2D eigenvalue weighted by molar-refractivity contribution is -0.131. The zero-order valence-electron chi connectivity index (χ0n) is 12.8. The van der Waals surface area contributed by atoms with E-state index in [-0.39, 0.29) is 5.91 Å². The average molecular weight is 319 g/mol. The van der Waals surface area contributed by atoms with Crippen LogP contribution in [0.5, 0.6) is 0 Å². The Bertz CT molecular complexity index is 583. The molecule has 0 radical (unpaired) electrons. The first-order chi connectivity index (χ1) is 10.7. The van der Waals surface area contributed by atoms with E-state index >= 15 is 0 Å². The van der Waals surface area contributed by atoms with E-state index < -0.39 is 0 Å². The molecule has 1 aliphatic rings. The second-order valence-corrected chi connectivity index (χ2v) is 6.75. The molecule has 0 saturated carbocycles. The molecule has 0 aliphatic carbocycles. The van der Waals surface area contributed by atoms with Crippen LogP contribution in [-0.4, -0.2) is 56.7 Å². The number of nitrogens with zero attached hydrogens (tertiary/aromatic N) is 5. The fraction of sp³-hybridized carbons (Fsp3) is 0.533. The van der Waals surface area contributed by atoms with Gasteiger partial charge >= 0.3 is 0 Å². The summed E-state index contributed by atoms with van der Waals surface area (Å²) < 4.78 is 1.85. The fourth-order valence-corrected chi connectivity index (χ4v) is 3.63. The molecule has 0 spiro atoms. The number of amides is 1. The van der Waals surface area contributed by atoms with Gasteiger partial charge in [-0.3, -0.25) is 14.4 Å². The third-order valence-electron chi connectivity index (χ3n) is 4.10. The van der Waals surface area contributed by atoms with Crippen LogP contribution in [0.4, 0.5) is 0 Å². The first-order valence-electron chi connectivity index (χ1n) is 7.55. The van der Waals surface area contributed by atoms with Gasteiger partial charge in [0.05, 0.1) is 19.6 Å². The Morgan fingerprint density at radius 2 is 2.45 bits per heavy atom. The molecule has 0 bridgehead atoms. The van der Waals surface area contributed by atoms with Gasteiger partial charge in [-0.15, -0.1) is 11.3 Å². The van der Waals surface area contributed by atoms with Gasteiger partial charge in [0.2, 0.25) is 5.91 Å². The first-order valence-corrected chi connectivity index (χ1v) is 8.43. The Morgan fingerprint density at radius 1 is 1.55 bits per heavy atom. The number of likely N-dealkylation sites (tertiary alicyclic amines) is 1. The van der Waals surface area contributed by atoms with Gasteiger partial charge in [0.15, 0.2) is 0 Å². The summed E-state index contributed by atoms with van der Waals surface area (Å²) in [6.45, 7) is 2.97. The summed E-state index contributed by atoms with van der Waals surface area (Å²) in [6.07, 6.45) is 5.55. The van der Waals surface area contributed by atoms with E-state index in [0.717, 1.165) is 25.9 Å². The van der Waals surface area contributed by atoms with Crippen LogP contribution in [0.1, 0.15) is 17.7 Å². The number of carbonyl (C=O) groups is 1. The van der Waals surface area contributed by atoms with Gasteiger partial charge in [0.25, 0.3) is 0 Å². The number of hydrogen-bond acceptors (Lipinski definition) is 5. The molecular formula is C15H21N5OS. The molecule has 1 amide bonds. The van der Waals surface area contributed by atoms with Crippen LogP contribution in [0.25, 0.3) is 0 Å². The zero-order valence-corrected chi connectivity index (χ0v) is 13.6. The minimum Gasteiger partial charge on any atom is -0.340 e. The summed E-state index contributed by atoms with van der Waals surface area (Å²) in [5, 5.41) is 6.21. The van der Waals surface area contributed by atoms with E-state index in [1.54, 1.807) is 24.0 Å². The monoisotopic (exact) mass is 319 g/mol. The molecule has 0 N–H and O–H groups in total. The van der Waals surface area contributed by atoms with Gasteiger partial charge in [-0.2, -0.15) is 5.10 Å². The molecule has 22 heavy (non-hydrogen) atoms. The van der Waals surface area contributed by atoms with E-state index in [9.17, 15) is 4.79 Å². The molecule has 1 aliphatic heterocycles. The van der Waals surface area contributed by atoms with Crippen molar-refractivity contribution in [1.29, 1.82) is 0 Å². The number of aromatic nitrogens is 3. The van der Waals surface area contributed by atoms with Crippen molar-refractivity contribution in [1.82, 2.24) is 24.6 Å². The van der Waals surface area contributed by atoms with Crippen molar-refractivity contribution in [2.45, 2.75) is 32.0 Å². The summed E-state index contributed by atoms with van der Waals surface area (Å²) in [5.74, 6) is 0.180. The lowest BCUT2D eigenvalue weighted by Crippen LogP contribution is -2.41. The zero-order chi connectivity index (χ0) is 15.4. The number of likely N-dealkylation sites (N-methyl/N-ethyl adjacent to an activating group) is 1. The summed E-state index contributed by atoms with van der Waals surface area (Å²) in [4.78, 5) is 21.7. The van der Waals surface area contributed by atoms with Gasteiger partial charge < -0.3 is 4.90 Å². The minimum absolute atomic E-state index is 0.180. The van der Waals surface area contributed by atoms with E-state index in [2.05, 4.69) is 21.0 Å². The molecule has 1 atom stereocenters. The molecule has 3 heterocycles. The first kappa shape index (κ1) is 15.2. The second kappa shape index (κ2) is 7.02. The van der Waals surface area contributed by atoms with Crippen LogP contribution in [0.2, 0.25) is 0 Å². The molecule has 1 saturated heterocycles. The Morgan fingerprint density at radius 3 is 3.18 bits per heavy atom. The van der Waals surface area contributed by atoms with Crippen LogP contribution in [0.3, 0.4) is 0 Å². The Labute approximate surface area is 134 Å². The fourth-order valence-electron chi connectivity index (χ4n) is 2.87. The standard InChI is InChI=1S/C15H21N5OS/c1-18(9-14-5-3-7-22-14)15(21)10-19-6-2-4-13(19)8-20-12-16-11-17-20/h3,5,7,11-13H,2,4,6,8-10H2,1H3/t13-/m0/s1. The maximum absolute atomic E-state index is 12.4. The molecule has 2 aromatic heterocycles. The van der Waals surface area contributed by atoms with Crippen LogP contribution in [-0.2, 0) is 17.9 Å². The molecule has 0 unspecified atom stereocenters. The summed E-state index contributed by atoms with van der Waals surface area (Å²) >= 11 is 1.69. The smallest absolute Gasteiger partial charge is 0.236 e. The molecule has 7 heteroatoms. The maximum Gasteiger partial charge on any atom is 0.236 e. The van der Waals surface area contributed by atoms with Gasteiger partial charge in [-0.25, -0.2) is 4.98 Å². The quantitative estimate of drug-likeness (QED) is 0.809. The van der Waals surface area contributed by atoms with Crippen LogP contribution < -0.4 is 0 Å². The minimum atomic E-state index is 0.180. The molecular weight excluding hydrogens is 298 g/mol. The molecule has 0 aromatic carbocycles. The Kier molecular flexibility index (Phi) is 4.84. The van der Waals surface area contributed by atoms with E-state index in [1.165, 1.54) is 4.88 Å². The summed E-state index contributed by atoms with van der Waals surface area (Å²) in [5.41, 5.74) is 0. The number of hydrogen-bond donors (Lipinski definition) is 0. The van der Waals surface area contributed by atoms with Gasteiger partial charge in [-0.1, -0.05) is 6.07 Å². The van der Waals surface area contributed by atoms with Crippen molar-refractivity contribution >= 4 is 17.2 Å². The normalized spacial score (nSPS) is 18.7. The number of thiophene rings is 1. The van der Waals surface area contributed by atoms with Gasteiger partial charge in [0.1, 0.15) is 12.7 Å². The average Bonchev–Trinajstić information content (AvgIpc) is 3.23. The predicted molar refractivity (Wildman–Crippen MR) is 85.4 cm³/mol. The van der Waals surface area contributed by atoms with Crippen LogP contribution >= 0.6 is 11.3 Å². The highest BCUT2D eigenvalue weighted by atomic mass is 32.1. The highest BCUT2D eigenvalue weighted by molar-refractivity contribution is 7.09. The lowest BCUT2D eigenvalue weighted by atomic mass is 10.2. The van der Waals surface area contributed by atoms with Crippen molar-refractivity contribution in [2.24, 2.45) is 0 Å². The highest BCUT2D eigenvalue weighted by Crippen LogP contribution is 2.19. The molecule has 6 nitrogen and oxygen atoms in total. The number of rotatable bonds is 6. The second-order valence-electron chi connectivity index (χ2n) is 5.71.